The van der Waals surface area contributed by atoms with Gasteiger partial charge in [-0.3, -0.25) is 4.98 Å². The van der Waals surface area contributed by atoms with Crippen LogP contribution in [0.5, 0.6) is 0 Å². The van der Waals surface area contributed by atoms with Crippen LogP contribution in [0.15, 0.2) is 42.7 Å². The lowest BCUT2D eigenvalue weighted by Crippen LogP contribution is -2.04. The normalized spacial score (nSPS) is 10.4. The summed E-state index contributed by atoms with van der Waals surface area (Å²) >= 11 is 0. The van der Waals surface area contributed by atoms with Crippen molar-refractivity contribution in [3.05, 3.63) is 54.1 Å². The van der Waals surface area contributed by atoms with Gasteiger partial charge in [-0.2, -0.15) is 0 Å². The third kappa shape index (κ3) is 2.25. The minimum atomic E-state index is -0.288. The van der Waals surface area contributed by atoms with E-state index < -0.39 is 0 Å². The van der Waals surface area contributed by atoms with Crippen LogP contribution in [0.3, 0.4) is 0 Å². The summed E-state index contributed by atoms with van der Waals surface area (Å²) in [6.07, 6.45) is 2.83. The molecular weight excluding hydrogens is 203 g/mol. The highest BCUT2D eigenvalue weighted by molar-refractivity contribution is 5.63. The Morgan fingerprint density at radius 2 is 1.94 bits per heavy atom. The van der Waals surface area contributed by atoms with Gasteiger partial charge < -0.3 is 5.32 Å². The summed E-state index contributed by atoms with van der Waals surface area (Å²) in [6.45, 7) is 0.819. The second-order valence-corrected chi connectivity index (χ2v) is 3.58. The molecule has 0 fully saturated rings. The fraction of sp³-hybridized carbons (Fsp3) is 0.154. The summed E-state index contributed by atoms with van der Waals surface area (Å²) in [5.41, 5.74) is 2.64. The zero-order valence-electron chi connectivity index (χ0n) is 9.07. The molecular formula is C13H13FN2. The molecule has 0 aliphatic carbocycles. The highest BCUT2D eigenvalue weighted by Gasteiger charge is 2.03. The maximum absolute atomic E-state index is 13.4. The van der Waals surface area contributed by atoms with Crippen LogP contribution < -0.4 is 5.32 Å². The lowest BCUT2D eigenvalue weighted by atomic mass is 10.0. The molecule has 0 bridgehead atoms. The van der Waals surface area contributed by atoms with Gasteiger partial charge in [-0.1, -0.05) is 24.3 Å². The summed E-state index contributed by atoms with van der Waals surface area (Å²) in [5.74, 6) is -0.288. The van der Waals surface area contributed by atoms with Gasteiger partial charge in [0.2, 0.25) is 0 Å². The molecule has 2 nitrogen and oxygen atoms in total. The van der Waals surface area contributed by atoms with Crippen LogP contribution in [-0.2, 0) is 6.54 Å². The molecule has 0 spiro atoms. The first-order chi connectivity index (χ1) is 7.81. The Labute approximate surface area is 94.2 Å². The average molecular weight is 216 g/mol. The lowest BCUT2D eigenvalue weighted by Gasteiger charge is -2.04. The third-order valence-electron chi connectivity index (χ3n) is 2.42. The van der Waals surface area contributed by atoms with Crippen molar-refractivity contribution in [2.45, 2.75) is 6.54 Å². The van der Waals surface area contributed by atoms with E-state index >= 15 is 0 Å². The fourth-order valence-corrected chi connectivity index (χ4v) is 1.62. The number of halogens is 1. The van der Waals surface area contributed by atoms with Gasteiger partial charge in [-0.25, -0.2) is 4.39 Å². The number of rotatable bonds is 3. The maximum atomic E-state index is 13.4. The molecule has 1 aromatic carbocycles. The topological polar surface area (TPSA) is 24.9 Å². The average Bonchev–Trinajstić information content (AvgIpc) is 2.31. The quantitative estimate of drug-likeness (QED) is 0.853. The van der Waals surface area contributed by atoms with Gasteiger partial charge in [0.05, 0.1) is 6.20 Å². The Kier molecular flexibility index (Phi) is 3.27. The number of benzene rings is 1. The van der Waals surface area contributed by atoms with Crippen molar-refractivity contribution >= 4 is 0 Å². The van der Waals surface area contributed by atoms with Crippen LogP contribution in [0.4, 0.5) is 4.39 Å². The Morgan fingerprint density at radius 3 is 2.56 bits per heavy atom. The van der Waals surface area contributed by atoms with Crippen molar-refractivity contribution in [1.82, 2.24) is 10.3 Å². The van der Waals surface area contributed by atoms with Crippen LogP contribution in [0.1, 0.15) is 5.56 Å². The molecule has 0 aliphatic heterocycles. The molecule has 1 N–H and O–H groups in total. The molecule has 0 unspecified atom stereocenters. The first kappa shape index (κ1) is 10.8. The highest BCUT2D eigenvalue weighted by atomic mass is 19.1. The second-order valence-electron chi connectivity index (χ2n) is 3.58. The zero-order valence-corrected chi connectivity index (χ0v) is 9.07. The van der Waals surface area contributed by atoms with Crippen LogP contribution >= 0.6 is 0 Å². The number of aromatic nitrogens is 1. The van der Waals surface area contributed by atoms with E-state index in [1.807, 2.05) is 31.3 Å². The Hall–Kier alpha value is -1.74. The van der Waals surface area contributed by atoms with Gasteiger partial charge >= 0.3 is 0 Å². The van der Waals surface area contributed by atoms with E-state index in [1.54, 1.807) is 12.3 Å². The highest BCUT2D eigenvalue weighted by Crippen LogP contribution is 2.21. The molecule has 0 radical (unpaired) electrons. The van der Waals surface area contributed by atoms with Crippen LogP contribution in [0.2, 0.25) is 0 Å². The zero-order chi connectivity index (χ0) is 11.4. The van der Waals surface area contributed by atoms with Crippen LogP contribution in [0.25, 0.3) is 11.1 Å². The van der Waals surface area contributed by atoms with E-state index in [4.69, 9.17) is 0 Å². The van der Waals surface area contributed by atoms with Crippen molar-refractivity contribution in [2.24, 2.45) is 0 Å². The van der Waals surface area contributed by atoms with Gasteiger partial charge in [-0.05, 0) is 24.2 Å². The van der Waals surface area contributed by atoms with Crippen molar-refractivity contribution in [2.75, 3.05) is 7.05 Å². The molecule has 1 heterocycles. The summed E-state index contributed by atoms with van der Waals surface area (Å²) in [5, 5.41) is 3.07. The van der Waals surface area contributed by atoms with E-state index in [1.165, 1.54) is 11.8 Å². The van der Waals surface area contributed by atoms with Gasteiger partial charge in [0.1, 0.15) is 5.82 Å². The first-order valence-corrected chi connectivity index (χ1v) is 5.14. The third-order valence-corrected chi connectivity index (χ3v) is 2.42. The molecule has 2 rings (SSSR count). The summed E-state index contributed by atoms with van der Waals surface area (Å²) in [4.78, 5) is 3.73. The number of nitrogens with one attached hydrogen (secondary N) is 1. The fourth-order valence-electron chi connectivity index (χ4n) is 1.62. The van der Waals surface area contributed by atoms with Crippen LogP contribution in [0, 0.1) is 5.82 Å². The standard InChI is InChI=1S/C13H13FN2/c1-15-8-10-2-4-11(5-3-10)12-6-7-16-9-13(12)14/h2-7,9,15H,8H2,1H3. The van der Waals surface area contributed by atoms with Gasteiger partial charge in [-0.15, -0.1) is 0 Å². The summed E-state index contributed by atoms with van der Waals surface area (Å²) in [7, 11) is 1.90. The predicted molar refractivity (Wildman–Crippen MR) is 62.4 cm³/mol. The second kappa shape index (κ2) is 4.86. The van der Waals surface area contributed by atoms with E-state index in [0.717, 1.165) is 12.1 Å². The minimum absolute atomic E-state index is 0.288. The molecule has 16 heavy (non-hydrogen) atoms. The largest absolute Gasteiger partial charge is 0.316 e. The van der Waals surface area contributed by atoms with E-state index in [0.29, 0.717) is 5.56 Å². The minimum Gasteiger partial charge on any atom is -0.316 e. The van der Waals surface area contributed by atoms with Gasteiger partial charge in [0.25, 0.3) is 0 Å². The number of nitrogens with zero attached hydrogens (tertiary/aromatic N) is 1. The molecule has 0 atom stereocenters. The molecule has 2 aromatic rings. The lowest BCUT2D eigenvalue weighted by molar-refractivity contribution is 0.625. The van der Waals surface area contributed by atoms with E-state index in [9.17, 15) is 4.39 Å². The van der Waals surface area contributed by atoms with Crippen molar-refractivity contribution < 1.29 is 4.39 Å². The molecule has 0 amide bonds. The van der Waals surface area contributed by atoms with Gasteiger partial charge in [0, 0.05) is 18.3 Å². The summed E-state index contributed by atoms with van der Waals surface area (Å²) in [6, 6.07) is 9.51. The Balaban J connectivity index is 2.31. The first-order valence-electron chi connectivity index (χ1n) is 5.14. The Bertz CT molecular complexity index is 466. The van der Waals surface area contributed by atoms with Crippen molar-refractivity contribution in [3.8, 4) is 11.1 Å². The van der Waals surface area contributed by atoms with E-state index in [-0.39, 0.29) is 5.82 Å². The Morgan fingerprint density at radius 1 is 1.19 bits per heavy atom. The summed E-state index contributed by atoms with van der Waals surface area (Å²) < 4.78 is 13.4. The molecule has 0 saturated carbocycles. The molecule has 0 saturated heterocycles. The SMILES string of the molecule is CNCc1ccc(-c2ccncc2F)cc1. The van der Waals surface area contributed by atoms with Gasteiger partial charge in [0.15, 0.2) is 0 Å². The number of pyridine rings is 1. The molecule has 0 aliphatic rings. The molecule has 1 aromatic heterocycles. The predicted octanol–water partition coefficient (Wildman–Crippen LogP) is 2.61. The van der Waals surface area contributed by atoms with Crippen molar-refractivity contribution in [1.29, 1.82) is 0 Å². The van der Waals surface area contributed by atoms with Crippen molar-refractivity contribution in [3.63, 3.8) is 0 Å². The maximum Gasteiger partial charge on any atom is 0.149 e. The van der Waals surface area contributed by atoms with Crippen LogP contribution in [-0.4, -0.2) is 12.0 Å². The van der Waals surface area contributed by atoms with E-state index in [2.05, 4.69) is 10.3 Å². The number of hydrogen-bond donors (Lipinski definition) is 1. The molecule has 3 heteroatoms. The smallest absolute Gasteiger partial charge is 0.149 e. The molecule has 82 valence electrons. The number of hydrogen-bond acceptors (Lipinski definition) is 2. The monoisotopic (exact) mass is 216 g/mol.